The summed E-state index contributed by atoms with van der Waals surface area (Å²) in [6, 6.07) is 18.8. The van der Waals surface area contributed by atoms with Gasteiger partial charge in [0.2, 0.25) is 0 Å². The second-order valence-corrected chi connectivity index (χ2v) is 3.87. The van der Waals surface area contributed by atoms with Crippen molar-refractivity contribution >= 4 is 29.6 Å². The molecule has 0 spiro atoms. The maximum absolute atomic E-state index is 10.9. The molecule has 0 bridgehead atoms. The average molecular weight is 266 g/mol. The molecule has 5 nitrogen and oxygen atoms in total. The molecule has 0 saturated carbocycles. The van der Waals surface area contributed by atoms with E-state index in [1.54, 1.807) is 0 Å². The van der Waals surface area contributed by atoms with E-state index in [4.69, 9.17) is 0 Å². The number of hydrogen-bond donors (Lipinski definition) is 2. The number of para-hydroxylation sites is 2. The van der Waals surface area contributed by atoms with Crippen LogP contribution in [0.2, 0.25) is 0 Å². The van der Waals surface area contributed by atoms with Crippen molar-refractivity contribution in [2.24, 2.45) is 10.2 Å². The van der Waals surface area contributed by atoms with Crippen molar-refractivity contribution in [2.75, 3.05) is 10.9 Å². The topological polar surface area (TPSA) is 65.8 Å². The van der Waals surface area contributed by atoms with E-state index in [0.29, 0.717) is 6.29 Å². The Kier molecular flexibility index (Phi) is 5.04. The van der Waals surface area contributed by atoms with Gasteiger partial charge in [-0.1, -0.05) is 36.4 Å². The molecular formula is C15H14N4O. The number of anilines is 2. The van der Waals surface area contributed by atoms with Gasteiger partial charge in [0.25, 0.3) is 0 Å². The van der Waals surface area contributed by atoms with Gasteiger partial charge < -0.3 is 0 Å². The van der Waals surface area contributed by atoms with Crippen LogP contribution in [0, 0.1) is 0 Å². The van der Waals surface area contributed by atoms with Gasteiger partial charge in [-0.2, -0.15) is 10.2 Å². The van der Waals surface area contributed by atoms with Crippen molar-refractivity contribution in [1.29, 1.82) is 0 Å². The Bertz CT molecular complexity index is 594. The van der Waals surface area contributed by atoms with Gasteiger partial charge in [0.15, 0.2) is 6.29 Å². The Balaban J connectivity index is 1.93. The molecule has 2 aromatic carbocycles. The Labute approximate surface area is 117 Å². The fourth-order valence-electron chi connectivity index (χ4n) is 1.41. The molecule has 2 aromatic rings. The molecule has 0 saturated heterocycles. The molecule has 0 heterocycles. The highest BCUT2D eigenvalue weighted by Gasteiger charge is 1.93. The molecule has 0 aliphatic rings. The van der Waals surface area contributed by atoms with Crippen LogP contribution < -0.4 is 10.9 Å². The van der Waals surface area contributed by atoms with Crippen molar-refractivity contribution in [2.45, 2.75) is 0 Å². The molecule has 0 aliphatic carbocycles. The summed E-state index contributed by atoms with van der Waals surface area (Å²) in [6.45, 7) is 0. The summed E-state index contributed by atoms with van der Waals surface area (Å²) in [4.78, 5) is 10.9. The fraction of sp³-hybridized carbons (Fsp3) is 0. The SMILES string of the molecule is O=CC(C=NNc1ccccc1)=NNc1ccccc1. The first-order valence-corrected chi connectivity index (χ1v) is 6.06. The van der Waals surface area contributed by atoms with Crippen molar-refractivity contribution < 1.29 is 4.79 Å². The lowest BCUT2D eigenvalue weighted by molar-refractivity contribution is -0.102. The molecular weight excluding hydrogens is 252 g/mol. The molecule has 2 rings (SSSR count). The highest BCUT2D eigenvalue weighted by Crippen LogP contribution is 2.05. The smallest absolute Gasteiger partial charge is 0.171 e. The highest BCUT2D eigenvalue weighted by atomic mass is 16.1. The molecule has 0 aromatic heterocycles. The van der Waals surface area contributed by atoms with Crippen molar-refractivity contribution in [3.05, 3.63) is 60.7 Å². The second-order valence-electron chi connectivity index (χ2n) is 3.87. The van der Waals surface area contributed by atoms with Crippen LogP contribution in [0.3, 0.4) is 0 Å². The van der Waals surface area contributed by atoms with Crippen LogP contribution >= 0.6 is 0 Å². The van der Waals surface area contributed by atoms with Gasteiger partial charge in [0.1, 0.15) is 5.71 Å². The first-order valence-electron chi connectivity index (χ1n) is 6.06. The lowest BCUT2D eigenvalue weighted by Crippen LogP contribution is -2.06. The van der Waals surface area contributed by atoms with Crippen LogP contribution in [0.1, 0.15) is 0 Å². The van der Waals surface area contributed by atoms with Crippen molar-refractivity contribution in [3.63, 3.8) is 0 Å². The molecule has 20 heavy (non-hydrogen) atoms. The van der Waals surface area contributed by atoms with Crippen LogP contribution in [0.25, 0.3) is 0 Å². The molecule has 0 radical (unpaired) electrons. The first kappa shape index (κ1) is 13.5. The predicted molar refractivity (Wildman–Crippen MR) is 82.1 cm³/mol. The lowest BCUT2D eigenvalue weighted by Gasteiger charge is -2.00. The van der Waals surface area contributed by atoms with E-state index in [-0.39, 0.29) is 5.71 Å². The minimum absolute atomic E-state index is 0.192. The Morgan fingerprint density at radius 1 is 0.850 bits per heavy atom. The third-order valence-corrected chi connectivity index (χ3v) is 2.37. The number of rotatable bonds is 6. The number of hydrazone groups is 2. The van der Waals surface area contributed by atoms with Gasteiger partial charge in [-0.3, -0.25) is 15.6 Å². The zero-order chi connectivity index (χ0) is 14.0. The number of aldehydes is 1. The number of carbonyl (C=O) groups is 1. The zero-order valence-corrected chi connectivity index (χ0v) is 10.7. The normalized spacial score (nSPS) is 11.3. The number of nitrogens with zero attached hydrogens (tertiary/aromatic N) is 2. The summed E-state index contributed by atoms with van der Waals surface area (Å²) in [7, 11) is 0. The summed E-state index contributed by atoms with van der Waals surface area (Å²) < 4.78 is 0. The van der Waals surface area contributed by atoms with Gasteiger partial charge in [-0.05, 0) is 24.3 Å². The molecule has 100 valence electrons. The largest absolute Gasteiger partial charge is 0.296 e. The third-order valence-electron chi connectivity index (χ3n) is 2.37. The summed E-state index contributed by atoms with van der Waals surface area (Å²) in [5.41, 5.74) is 7.42. The number of carbonyl (C=O) groups excluding carboxylic acids is 1. The zero-order valence-electron chi connectivity index (χ0n) is 10.7. The summed E-state index contributed by atoms with van der Waals surface area (Å²) in [5.74, 6) is 0. The minimum Gasteiger partial charge on any atom is -0.296 e. The van der Waals surface area contributed by atoms with Gasteiger partial charge in [0, 0.05) is 0 Å². The maximum atomic E-state index is 10.9. The van der Waals surface area contributed by atoms with Crippen LogP contribution in [-0.4, -0.2) is 18.2 Å². The maximum Gasteiger partial charge on any atom is 0.171 e. The summed E-state index contributed by atoms with van der Waals surface area (Å²) in [6.07, 6.45) is 1.99. The molecule has 0 atom stereocenters. The second kappa shape index (κ2) is 7.48. The summed E-state index contributed by atoms with van der Waals surface area (Å²) >= 11 is 0. The minimum atomic E-state index is 0.192. The monoisotopic (exact) mass is 266 g/mol. The fourth-order valence-corrected chi connectivity index (χ4v) is 1.41. The van der Waals surface area contributed by atoms with Crippen molar-refractivity contribution in [1.82, 2.24) is 0 Å². The van der Waals surface area contributed by atoms with E-state index in [2.05, 4.69) is 21.1 Å². The van der Waals surface area contributed by atoms with E-state index >= 15 is 0 Å². The number of benzene rings is 2. The van der Waals surface area contributed by atoms with Crippen molar-refractivity contribution in [3.8, 4) is 0 Å². The van der Waals surface area contributed by atoms with Gasteiger partial charge in [-0.25, -0.2) is 0 Å². The number of hydrogen-bond acceptors (Lipinski definition) is 5. The van der Waals surface area contributed by atoms with Gasteiger partial charge in [0.05, 0.1) is 17.6 Å². The standard InChI is InChI=1S/C15H14N4O/c20-12-15(19-18-14-9-5-2-6-10-14)11-16-17-13-7-3-1-4-8-13/h1-12,17-18H. The molecule has 0 amide bonds. The predicted octanol–water partition coefficient (Wildman–Crippen LogP) is 2.75. The Hall–Kier alpha value is -2.95. The van der Waals surface area contributed by atoms with Crippen LogP contribution in [0.4, 0.5) is 11.4 Å². The quantitative estimate of drug-likeness (QED) is 0.480. The van der Waals surface area contributed by atoms with E-state index < -0.39 is 0 Å². The van der Waals surface area contributed by atoms with Crippen LogP contribution in [-0.2, 0) is 4.79 Å². The van der Waals surface area contributed by atoms with E-state index in [1.165, 1.54) is 6.21 Å². The Morgan fingerprint density at radius 2 is 1.40 bits per heavy atom. The molecule has 2 N–H and O–H groups in total. The van der Waals surface area contributed by atoms with Crippen LogP contribution in [0.5, 0.6) is 0 Å². The average Bonchev–Trinajstić information content (AvgIpc) is 2.52. The Morgan fingerprint density at radius 3 is 1.95 bits per heavy atom. The van der Waals surface area contributed by atoms with E-state index in [9.17, 15) is 4.79 Å². The molecule has 0 fully saturated rings. The van der Waals surface area contributed by atoms with Crippen LogP contribution in [0.15, 0.2) is 70.9 Å². The third kappa shape index (κ3) is 4.38. The van der Waals surface area contributed by atoms with E-state index in [1.807, 2.05) is 60.7 Å². The molecule has 0 aliphatic heterocycles. The van der Waals surface area contributed by atoms with Gasteiger partial charge >= 0.3 is 0 Å². The van der Waals surface area contributed by atoms with Gasteiger partial charge in [-0.15, -0.1) is 0 Å². The number of nitrogens with one attached hydrogen (secondary N) is 2. The first-order chi connectivity index (χ1) is 9.88. The molecule has 0 unspecified atom stereocenters. The highest BCUT2D eigenvalue weighted by molar-refractivity contribution is 6.54. The lowest BCUT2D eigenvalue weighted by atomic mass is 10.3. The molecule has 5 heteroatoms. The summed E-state index contributed by atoms with van der Waals surface area (Å²) in [5, 5.41) is 7.90. The van der Waals surface area contributed by atoms with E-state index in [0.717, 1.165) is 11.4 Å².